The van der Waals surface area contributed by atoms with Crippen molar-refractivity contribution in [2.24, 2.45) is 0 Å². The topological polar surface area (TPSA) is 29.5 Å². The summed E-state index contributed by atoms with van der Waals surface area (Å²) in [6.45, 7) is 0.240. The molecular formula is C14H14Cl2F3NO2S. The molecule has 0 aromatic heterocycles. The number of benzene rings is 1. The minimum atomic E-state index is -4.44. The first kappa shape index (κ1) is 17.5. The minimum Gasteiger partial charge on any atom is -0.296 e. The van der Waals surface area contributed by atoms with Gasteiger partial charge in [-0.1, -0.05) is 23.2 Å². The third-order valence-corrected chi connectivity index (χ3v) is 5.99. The van der Waals surface area contributed by atoms with E-state index >= 15 is 0 Å². The van der Waals surface area contributed by atoms with Crippen molar-refractivity contribution in [3.8, 4) is 0 Å². The summed E-state index contributed by atoms with van der Waals surface area (Å²) in [5.41, 5.74) is -1.95. The van der Waals surface area contributed by atoms with E-state index < -0.39 is 22.7 Å². The zero-order valence-electron chi connectivity index (χ0n) is 11.9. The normalized spacial score (nSPS) is 32.6. The SMILES string of the molecule is O=S1CC(N2CCC(c3cc(Cl)cc(Cl)c3)(C(F)(F)F)C2)CO1. The van der Waals surface area contributed by atoms with Gasteiger partial charge in [-0.3, -0.25) is 9.08 Å². The number of nitrogens with zero attached hydrogens (tertiary/aromatic N) is 1. The van der Waals surface area contributed by atoms with Gasteiger partial charge in [-0.2, -0.15) is 13.2 Å². The maximum Gasteiger partial charge on any atom is 0.399 e. The second-order valence-corrected chi connectivity index (χ2v) is 7.92. The molecule has 3 unspecified atom stereocenters. The van der Waals surface area contributed by atoms with Crippen molar-refractivity contribution < 1.29 is 21.6 Å². The van der Waals surface area contributed by atoms with Gasteiger partial charge in [0.05, 0.1) is 12.4 Å². The van der Waals surface area contributed by atoms with Crippen molar-refractivity contribution >= 4 is 34.3 Å². The summed E-state index contributed by atoms with van der Waals surface area (Å²) in [5.74, 6) is 0.240. The molecule has 128 valence electrons. The molecule has 3 atom stereocenters. The van der Waals surface area contributed by atoms with E-state index in [4.69, 9.17) is 27.4 Å². The fourth-order valence-electron chi connectivity index (χ4n) is 3.23. The van der Waals surface area contributed by atoms with Crippen molar-refractivity contribution in [3.05, 3.63) is 33.8 Å². The highest BCUT2D eigenvalue weighted by Crippen LogP contribution is 2.49. The van der Waals surface area contributed by atoms with Crippen LogP contribution in [0.4, 0.5) is 13.2 Å². The summed E-state index contributed by atoms with van der Waals surface area (Å²) < 4.78 is 58.0. The Bertz CT molecular complexity index is 623. The molecule has 0 bridgehead atoms. The summed E-state index contributed by atoms with van der Waals surface area (Å²) in [6, 6.07) is 3.81. The quantitative estimate of drug-likeness (QED) is 0.776. The molecule has 0 spiro atoms. The van der Waals surface area contributed by atoms with Gasteiger partial charge in [0, 0.05) is 22.6 Å². The summed E-state index contributed by atoms with van der Waals surface area (Å²) in [5, 5.41) is 0.361. The van der Waals surface area contributed by atoms with Gasteiger partial charge < -0.3 is 0 Å². The molecule has 0 amide bonds. The molecule has 1 aromatic rings. The molecule has 2 heterocycles. The Morgan fingerprint density at radius 1 is 1.26 bits per heavy atom. The first-order valence-electron chi connectivity index (χ1n) is 7.00. The highest BCUT2D eigenvalue weighted by Gasteiger charge is 2.60. The minimum absolute atomic E-state index is 0.0741. The summed E-state index contributed by atoms with van der Waals surface area (Å²) in [4.78, 5) is 1.70. The molecular weight excluding hydrogens is 374 g/mol. The third-order valence-electron chi connectivity index (χ3n) is 4.49. The molecule has 0 N–H and O–H groups in total. The Morgan fingerprint density at radius 2 is 1.91 bits per heavy atom. The molecule has 1 aromatic carbocycles. The lowest BCUT2D eigenvalue weighted by Gasteiger charge is -2.33. The van der Waals surface area contributed by atoms with E-state index in [1.807, 2.05) is 0 Å². The zero-order chi connectivity index (χ0) is 16.8. The molecule has 23 heavy (non-hydrogen) atoms. The van der Waals surface area contributed by atoms with E-state index in [0.717, 1.165) is 0 Å². The smallest absolute Gasteiger partial charge is 0.296 e. The summed E-state index contributed by atoms with van der Waals surface area (Å²) in [6.07, 6.45) is -4.52. The largest absolute Gasteiger partial charge is 0.399 e. The highest BCUT2D eigenvalue weighted by molar-refractivity contribution is 7.80. The van der Waals surface area contributed by atoms with Gasteiger partial charge in [-0.25, -0.2) is 4.21 Å². The van der Waals surface area contributed by atoms with E-state index in [1.165, 1.54) is 18.2 Å². The molecule has 0 aliphatic carbocycles. The molecule has 2 aliphatic heterocycles. The fraction of sp³-hybridized carbons (Fsp3) is 0.571. The van der Waals surface area contributed by atoms with E-state index in [1.54, 1.807) is 4.90 Å². The standard InChI is InChI=1S/C14H14Cl2F3NO2S/c15-10-3-9(4-11(16)5-10)13(14(17,18)19)1-2-20(8-13)12-6-22-23(21)7-12/h3-5,12H,1-2,6-8H2. The molecule has 0 saturated carbocycles. The maximum absolute atomic E-state index is 13.9. The lowest BCUT2D eigenvalue weighted by Crippen LogP contribution is -2.47. The van der Waals surface area contributed by atoms with Crippen LogP contribution in [0.15, 0.2) is 18.2 Å². The van der Waals surface area contributed by atoms with Gasteiger partial charge in [0.2, 0.25) is 0 Å². The first-order valence-corrected chi connectivity index (χ1v) is 9.00. The van der Waals surface area contributed by atoms with E-state index in [2.05, 4.69) is 0 Å². The van der Waals surface area contributed by atoms with Gasteiger partial charge in [0.1, 0.15) is 5.41 Å². The second-order valence-electron chi connectivity index (χ2n) is 5.87. The van der Waals surface area contributed by atoms with Crippen molar-refractivity contribution in [2.45, 2.75) is 24.1 Å². The lowest BCUT2D eigenvalue weighted by atomic mass is 9.79. The van der Waals surface area contributed by atoms with Gasteiger partial charge >= 0.3 is 6.18 Å². The number of rotatable bonds is 2. The Kier molecular flexibility index (Phi) is 4.70. The van der Waals surface area contributed by atoms with Crippen LogP contribution in [-0.2, 0) is 20.7 Å². The van der Waals surface area contributed by atoms with E-state index in [-0.39, 0.29) is 53.5 Å². The predicted molar refractivity (Wildman–Crippen MR) is 83.1 cm³/mol. The van der Waals surface area contributed by atoms with E-state index in [9.17, 15) is 17.4 Å². The zero-order valence-corrected chi connectivity index (χ0v) is 14.2. The molecule has 9 heteroatoms. The van der Waals surface area contributed by atoms with Crippen LogP contribution in [0.25, 0.3) is 0 Å². The van der Waals surface area contributed by atoms with Crippen molar-refractivity contribution in [2.75, 3.05) is 25.4 Å². The van der Waals surface area contributed by atoms with Gasteiger partial charge in [-0.15, -0.1) is 0 Å². The third kappa shape index (κ3) is 3.26. The molecule has 3 rings (SSSR count). The molecule has 2 fully saturated rings. The van der Waals surface area contributed by atoms with E-state index in [0.29, 0.717) is 0 Å². The van der Waals surface area contributed by atoms with Crippen molar-refractivity contribution in [3.63, 3.8) is 0 Å². The number of hydrogen-bond acceptors (Lipinski definition) is 3. The number of likely N-dealkylation sites (tertiary alicyclic amines) is 1. The van der Waals surface area contributed by atoms with Crippen LogP contribution in [-0.4, -0.2) is 46.8 Å². The Balaban J connectivity index is 1.95. The van der Waals surface area contributed by atoms with Gasteiger partial charge in [0.25, 0.3) is 0 Å². The van der Waals surface area contributed by atoms with Crippen LogP contribution in [0, 0.1) is 0 Å². The van der Waals surface area contributed by atoms with Crippen LogP contribution >= 0.6 is 23.2 Å². The first-order chi connectivity index (χ1) is 10.7. The van der Waals surface area contributed by atoms with Gasteiger partial charge in [0.15, 0.2) is 11.1 Å². The van der Waals surface area contributed by atoms with Crippen LogP contribution < -0.4 is 0 Å². The fourth-order valence-corrected chi connectivity index (χ4v) is 4.78. The van der Waals surface area contributed by atoms with Crippen LogP contribution in [0.5, 0.6) is 0 Å². The molecule has 2 aliphatic rings. The Hall–Kier alpha value is -0.340. The highest BCUT2D eigenvalue weighted by atomic mass is 35.5. The average molecular weight is 388 g/mol. The Morgan fingerprint density at radius 3 is 2.43 bits per heavy atom. The number of halogens is 5. The Labute approximate surface area is 144 Å². The summed E-state index contributed by atoms with van der Waals surface area (Å²) in [7, 11) is 0. The average Bonchev–Trinajstić information content (AvgIpc) is 3.03. The van der Waals surface area contributed by atoms with Crippen LogP contribution in [0.3, 0.4) is 0 Å². The second kappa shape index (κ2) is 6.19. The molecule has 2 saturated heterocycles. The van der Waals surface area contributed by atoms with Crippen molar-refractivity contribution in [1.82, 2.24) is 4.90 Å². The lowest BCUT2D eigenvalue weighted by molar-refractivity contribution is -0.187. The van der Waals surface area contributed by atoms with Gasteiger partial charge in [-0.05, 0) is 36.7 Å². The summed E-state index contributed by atoms with van der Waals surface area (Å²) >= 11 is 10.4. The predicted octanol–water partition coefficient (Wildman–Crippen LogP) is 3.56. The maximum atomic E-state index is 13.9. The number of alkyl halides is 3. The van der Waals surface area contributed by atoms with Crippen LogP contribution in [0.2, 0.25) is 10.0 Å². The monoisotopic (exact) mass is 387 g/mol. The number of hydrogen-bond donors (Lipinski definition) is 0. The molecule has 3 nitrogen and oxygen atoms in total. The molecule has 0 radical (unpaired) electrons. The van der Waals surface area contributed by atoms with Crippen molar-refractivity contribution in [1.29, 1.82) is 0 Å². The van der Waals surface area contributed by atoms with Crippen LogP contribution in [0.1, 0.15) is 12.0 Å².